The number of nitrogens with one attached hydrogen (secondary N) is 2. The van der Waals surface area contributed by atoms with Crippen molar-refractivity contribution in [1.29, 1.82) is 0 Å². The van der Waals surface area contributed by atoms with E-state index in [2.05, 4.69) is 20.4 Å². The number of carbonyl (C=O) groups excluding carboxylic acids is 1. The van der Waals surface area contributed by atoms with Gasteiger partial charge < -0.3 is 21.1 Å². The Morgan fingerprint density at radius 1 is 1.21 bits per heavy atom. The molecular weight excluding hydrogens is 540 g/mol. The monoisotopic (exact) mass is 558 g/mol. The highest BCUT2D eigenvalue weighted by Gasteiger charge is 2.15. The molecule has 6 nitrogen and oxygen atoms in total. The summed E-state index contributed by atoms with van der Waals surface area (Å²) in [6, 6.07) is 9.61. The number of hydrogen-bond acceptors (Lipinski definition) is 3. The van der Waals surface area contributed by atoms with Crippen molar-refractivity contribution in [3.63, 3.8) is 0 Å². The zero-order chi connectivity index (χ0) is 20.7. The van der Waals surface area contributed by atoms with E-state index in [0.29, 0.717) is 23.6 Å². The Morgan fingerprint density at radius 3 is 2.52 bits per heavy atom. The van der Waals surface area contributed by atoms with Gasteiger partial charge in [-0.2, -0.15) is 8.78 Å². The molecule has 0 saturated carbocycles. The molecule has 0 bridgehead atoms. The minimum absolute atomic E-state index is 0. The van der Waals surface area contributed by atoms with E-state index in [1.165, 1.54) is 12.1 Å². The number of amides is 1. The second-order valence-electron chi connectivity index (χ2n) is 5.60. The van der Waals surface area contributed by atoms with E-state index < -0.39 is 12.5 Å². The van der Waals surface area contributed by atoms with E-state index in [-0.39, 0.29) is 46.3 Å². The third-order valence-corrected chi connectivity index (χ3v) is 4.13. The lowest BCUT2D eigenvalue weighted by atomic mass is 10.1. The number of carbonyl (C=O) groups is 1. The number of aliphatic imine (C=N–C) groups is 1. The number of rotatable bonds is 7. The highest BCUT2D eigenvalue weighted by atomic mass is 127. The zero-order valence-corrected chi connectivity index (χ0v) is 19.1. The summed E-state index contributed by atoms with van der Waals surface area (Å²) < 4.78 is 29.8. The first kappa shape index (κ1) is 25.2. The average molecular weight is 559 g/mol. The molecule has 2 aromatic rings. The maximum Gasteiger partial charge on any atom is 0.387 e. The smallest absolute Gasteiger partial charge is 0.387 e. The van der Waals surface area contributed by atoms with E-state index in [1.54, 1.807) is 25.2 Å². The standard InChI is InChI=1S/C18H18Cl2F2N4O2.HI/c1-24-18(25-8-10-3-2-4-11(5-10)16(23)27)26-9-12-6-13(19)7-14(20)15(12)28-17(21)22;/h2-7,17H,8-9H2,1H3,(H2,23,27)(H2,24,25,26);1H. The molecule has 29 heavy (non-hydrogen) atoms. The quantitative estimate of drug-likeness (QED) is 0.270. The van der Waals surface area contributed by atoms with E-state index >= 15 is 0 Å². The van der Waals surface area contributed by atoms with Gasteiger partial charge >= 0.3 is 6.61 Å². The highest BCUT2D eigenvalue weighted by Crippen LogP contribution is 2.33. The Morgan fingerprint density at radius 2 is 1.90 bits per heavy atom. The molecule has 4 N–H and O–H groups in total. The SMILES string of the molecule is CN=C(NCc1cccc(C(N)=O)c1)NCc1cc(Cl)cc(Cl)c1OC(F)F.I. The maximum atomic E-state index is 12.6. The number of ether oxygens (including phenoxy) is 1. The van der Waals surface area contributed by atoms with Gasteiger partial charge in [0.2, 0.25) is 5.91 Å². The van der Waals surface area contributed by atoms with Crippen molar-refractivity contribution in [3.05, 3.63) is 63.1 Å². The third kappa shape index (κ3) is 7.82. The fourth-order valence-corrected chi connectivity index (χ4v) is 2.97. The lowest BCUT2D eigenvalue weighted by Crippen LogP contribution is -2.36. The fraction of sp³-hybridized carbons (Fsp3) is 0.222. The number of alkyl halides is 2. The van der Waals surface area contributed by atoms with Gasteiger partial charge in [0.05, 0.1) is 5.02 Å². The van der Waals surface area contributed by atoms with Crippen molar-refractivity contribution < 1.29 is 18.3 Å². The number of halogens is 5. The van der Waals surface area contributed by atoms with Crippen LogP contribution in [0, 0.1) is 0 Å². The van der Waals surface area contributed by atoms with Crippen molar-refractivity contribution in [3.8, 4) is 5.75 Å². The molecule has 0 atom stereocenters. The molecule has 2 aromatic carbocycles. The highest BCUT2D eigenvalue weighted by molar-refractivity contribution is 14.0. The minimum Gasteiger partial charge on any atom is -0.433 e. The first-order chi connectivity index (χ1) is 13.3. The molecule has 11 heteroatoms. The minimum atomic E-state index is -3.02. The summed E-state index contributed by atoms with van der Waals surface area (Å²) in [5, 5.41) is 6.28. The van der Waals surface area contributed by atoms with Gasteiger partial charge in [-0.05, 0) is 29.8 Å². The van der Waals surface area contributed by atoms with Crippen LogP contribution in [0.4, 0.5) is 8.78 Å². The van der Waals surface area contributed by atoms with Crippen LogP contribution in [0.2, 0.25) is 10.0 Å². The van der Waals surface area contributed by atoms with Crippen molar-refractivity contribution >= 4 is 59.0 Å². The Hall–Kier alpha value is -1.85. The number of nitrogens with zero attached hydrogens (tertiary/aromatic N) is 1. The molecule has 0 aliphatic rings. The molecule has 0 unspecified atom stereocenters. The summed E-state index contributed by atoms with van der Waals surface area (Å²) in [5.41, 5.74) is 6.82. The zero-order valence-electron chi connectivity index (χ0n) is 15.2. The molecule has 0 fully saturated rings. The van der Waals surface area contributed by atoms with Crippen LogP contribution in [0.1, 0.15) is 21.5 Å². The average Bonchev–Trinajstić information content (AvgIpc) is 2.64. The number of nitrogens with two attached hydrogens (primary N) is 1. The van der Waals surface area contributed by atoms with Crippen molar-refractivity contribution in [1.82, 2.24) is 10.6 Å². The molecule has 1 amide bonds. The summed E-state index contributed by atoms with van der Waals surface area (Å²) in [7, 11) is 1.55. The number of primary amides is 1. The predicted molar refractivity (Wildman–Crippen MR) is 121 cm³/mol. The maximum absolute atomic E-state index is 12.6. The molecule has 0 radical (unpaired) electrons. The van der Waals surface area contributed by atoms with E-state index in [0.717, 1.165) is 5.56 Å². The fourth-order valence-electron chi connectivity index (χ4n) is 2.39. The van der Waals surface area contributed by atoms with Gasteiger partial charge in [0.1, 0.15) is 5.75 Å². The third-order valence-electron chi connectivity index (χ3n) is 3.63. The van der Waals surface area contributed by atoms with Crippen LogP contribution in [0.3, 0.4) is 0 Å². The Labute approximate surface area is 193 Å². The number of guanidine groups is 1. The van der Waals surface area contributed by atoms with E-state index in [1.807, 2.05) is 6.07 Å². The van der Waals surface area contributed by atoms with E-state index in [4.69, 9.17) is 28.9 Å². The van der Waals surface area contributed by atoms with E-state index in [9.17, 15) is 13.6 Å². The summed E-state index contributed by atoms with van der Waals surface area (Å²) in [4.78, 5) is 15.3. The molecule has 0 heterocycles. The van der Waals surface area contributed by atoms with Gasteiger partial charge in [-0.15, -0.1) is 24.0 Å². The normalized spacial score (nSPS) is 11.0. The second-order valence-corrected chi connectivity index (χ2v) is 6.44. The van der Waals surface area contributed by atoms with Crippen LogP contribution in [0.5, 0.6) is 5.75 Å². The van der Waals surface area contributed by atoms with Gasteiger partial charge in [0.15, 0.2) is 5.96 Å². The summed E-state index contributed by atoms with van der Waals surface area (Å²) in [6.45, 7) is -2.58. The summed E-state index contributed by atoms with van der Waals surface area (Å²) >= 11 is 11.9. The molecule has 0 aliphatic carbocycles. The van der Waals surface area contributed by atoms with Crippen LogP contribution >= 0.6 is 47.2 Å². The number of benzene rings is 2. The predicted octanol–water partition coefficient (Wildman–Crippen LogP) is 4.18. The molecular formula is C18H19Cl2F2IN4O2. The van der Waals surface area contributed by atoms with Gasteiger partial charge in [-0.25, -0.2) is 0 Å². The van der Waals surface area contributed by atoms with Crippen molar-refractivity contribution in [2.75, 3.05) is 7.05 Å². The van der Waals surface area contributed by atoms with Gasteiger partial charge in [-0.1, -0.05) is 35.3 Å². The lowest BCUT2D eigenvalue weighted by Gasteiger charge is -2.16. The largest absolute Gasteiger partial charge is 0.433 e. The first-order valence-corrected chi connectivity index (χ1v) is 8.81. The summed E-state index contributed by atoms with van der Waals surface area (Å²) in [5.74, 6) is -0.282. The Kier molecular flexibility index (Phi) is 10.4. The molecule has 0 aromatic heterocycles. The second kappa shape index (κ2) is 12.0. The van der Waals surface area contributed by atoms with Crippen LogP contribution in [0.25, 0.3) is 0 Å². The van der Waals surface area contributed by atoms with Gasteiger partial charge in [-0.3, -0.25) is 9.79 Å². The Balaban J connectivity index is 0.00000420. The van der Waals surface area contributed by atoms with Crippen LogP contribution in [0.15, 0.2) is 41.4 Å². The summed E-state index contributed by atoms with van der Waals surface area (Å²) in [6.07, 6.45) is 0. The lowest BCUT2D eigenvalue weighted by molar-refractivity contribution is -0.0504. The Bertz CT molecular complexity index is 885. The van der Waals surface area contributed by atoms with Gasteiger partial charge in [0.25, 0.3) is 0 Å². The number of hydrogen-bond donors (Lipinski definition) is 3. The molecule has 2 rings (SSSR count). The molecule has 0 saturated heterocycles. The van der Waals surface area contributed by atoms with Gasteiger partial charge in [0, 0.05) is 36.3 Å². The molecule has 0 aliphatic heterocycles. The van der Waals surface area contributed by atoms with Crippen molar-refractivity contribution in [2.24, 2.45) is 10.7 Å². The van der Waals surface area contributed by atoms with Crippen LogP contribution in [-0.2, 0) is 13.1 Å². The first-order valence-electron chi connectivity index (χ1n) is 8.06. The topological polar surface area (TPSA) is 88.7 Å². The molecule has 0 spiro atoms. The molecule has 158 valence electrons. The van der Waals surface area contributed by atoms with Crippen LogP contribution < -0.4 is 21.1 Å². The van der Waals surface area contributed by atoms with Crippen molar-refractivity contribution in [2.45, 2.75) is 19.7 Å². The van der Waals surface area contributed by atoms with Crippen LogP contribution in [-0.4, -0.2) is 25.5 Å².